The predicted octanol–water partition coefficient (Wildman–Crippen LogP) is 7.01. The fraction of sp³-hybridized carbons (Fsp3) is 0.303. The van der Waals surface area contributed by atoms with Crippen molar-refractivity contribution in [2.24, 2.45) is 5.92 Å². The first-order valence-electron chi connectivity index (χ1n) is 14.4. The fourth-order valence-electron chi connectivity index (χ4n) is 5.19. The van der Waals surface area contributed by atoms with E-state index in [9.17, 15) is 18.8 Å². The summed E-state index contributed by atoms with van der Waals surface area (Å²) in [4.78, 5) is 40.2. The monoisotopic (exact) mass is 639 g/mol. The Morgan fingerprint density at radius 2 is 1.98 bits per heavy atom. The molecule has 45 heavy (non-hydrogen) atoms. The van der Waals surface area contributed by atoms with Crippen LogP contribution in [0, 0.1) is 11.7 Å². The summed E-state index contributed by atoms with van der Waals surface area (Å²) in [5, 5.41) is 11.4. The summed E-state index contributed by atoms with van der Waals surface area (Å²) < 4.78 is 34.9. The Morgan fingerprint density at radius 1 is 1.22 bits per heavy atom. The number of nitrogens with one attached hydrogen (secondary N) is 4. The summed E-state index contributed by atoms with van der Waals surface area (Å²) >= 11 is 5.98. The molecule has 9 nitrogen and oxygen atoms in total. The maximum absolute atomic E-state index is 15.5. The van der Waals surface area contributed by atoms with Gasteiger partial charge < -0.3 is 25.6 Å². The maximum atomic E-state index is 15.5. The van der Waals surface area contributed by atoms with Crippen LogP contribution in [0.15, 0.2) is 77.9 Å². The number of benzene rings is 2. The summed E-state index contributed by atoms with van der Waals surface area (Å²) in [6.07, 6.45) is 3.61. The number of halogens is 3. The van der Waals surface area contributed by atoms with E-state index in [1.54, 1.807) is 49.1 Å². The number of allylic oxidation sites excluding steroid dienone is 4. The normalized spacial score (nSPS) is 20.6. The Kier molecular flexibility index (Phi) is 10.7. The minimum absolute atomic E-state index is 0.0286. The van der Waals surface area contributed by atoms with E-state index in [-0.39, 0.29) is 40.2 Å². The number of rotatable bonds is 5. The van der Waals surface area contributed by atoms with Gasteiger partial charge in [0.25, 0.3) is 5.91 Å². The van der Waals surface area contributed by atoms with Crippen molar-refractivity contribution in [1.29, 1.82) is 0 Å². The van der Waals surface area contributed by atoms with Crippen LogP contribution in [0.3, 0.4) is 0 Å². The van der Waals surface area contributed by atoms with E-state index in [1.165, 1.54) is 32.2 Å². The van der Waals surface area contributed by atoms with Crippen LogP contribution in [-0.2, 0) is 14.3 Å². The Hall–Kier alpha value is -4.64. The van der Waals surface area contributed by atoms with Gasteiger partial charge in [0.1, 0.15) is 11.5 Å². The first kappa shape index (κ1) is 33.3. The molecule has 0 saturated heterocycles. The molecule has 0 radical (unpaired) electrons. The molecule has 2 aromatic rings. The number of ether oxygens (including phenoxy) is 1. The highest BCUT2D eigenvalue weighted by atomic mass is 35.5. The van der Waals surface area contributed by atoms with E-state index in [0.29, 0.717) is 41.8 Å². The van der Waals surface area contributed by atoms with E-state index >= 15 is 4.39 Å². The Morgan fingerprint density at radius 3 is 2.69 bits per heavy atom. The lowest BCUT2D eigenvalue weighted by Gasteiger charge is -2.24. The molecule has 2 aromatic carbocycles. The van der Waals surface area contributed by atoms with Gasteiger partial charge >= 0.3 is 6.09 Å². The second-order valence-electron chi connectivity index (χ2n) is 10.8. The average molecular weight is 640 g/mol. The van der Waals surface area contributed by atoms with Crippen molar-refractivity contribution in [3.8, 4) is 0 Å². The van der Waals surface area contributed by atoms with Gasteiger partial charge in [-0.15, -0.1) is 0 Å². The largest absolute Gasteiger partial charge is 0.453 e. The molecule has 0 fully saturated rings. The number of carbonyl (C=O) groups is 3. The molecule has 0 aromatic heterocycles. The number of hydrogen-bond donors (Lipinski definition) is 4. The van der Waals surface area contributed by atoms with E-state index in [2.05, 4.69) is 32.6 Å². The highest BCUT2D eigenvalue weighted by Gasteiger charge is 2.29. The number of carbonyl (C=O) groups excluding carboxylic acids is 3. The topological polar surface area (TPSA) is 112 Å². The fourth-order valence-corrected chi connectivity index (χ4v) is 5.36. The number of hydrogen-bond acceptors (Lipinski definition) is 6. The molecule has 4 rings (SSSR count). The highest BCUT2D eigenvalue weighted by molar-refractivity contribution is 6.31. The molecule has 238 valence electrons. The standard InChI is InChI=1S/C33H36ClF2N5O4/c1-6-25(35)23-15-19(3)26(39-32(43)30-20(4)41(17-37-30)28-12-8-10-24(34)29(28)36)11-7-9-18(2)31(42)40-27-16-21(13-14-22(23)27)38-33(44)45-5/h6,8,10,12-16,18,26,37H,3,7,9,11,17H2,1-2,4-5H3,(H,38,44)(H,39,43)(H,40,42)/b23-15-,25-6+/t18-,26?/m0/s1. The molecule has 0 saturated carbocycles. The van der Waals surface area contributed by atoms with Gasteiger partial charge in [0.15, 0.2) is 5.82 Å². The van der Waals surface area contributed by atoms with Crippen molar-refractivity contribution in [2.45, 2.75) is 46.1 Å². The third-order valence-electron chi connectivity index (χ3n) is 7.80. The van der Waals surface area contributed by atoms with Crippen molar-refractivity contribution in [3.05, 3.63) is 94.3 Å². The molecule has 3 amide bonds. The van der Waals surface area contributed by atoms with Crippen LogP contribution in [0.4, 0.5) is 30.6 Å². The van der Waals surface area contributed by atoms with Gasteiger partial charge in [0.05, 0.1) is 36.2 Å². The summed E-state index contributed by atoms with van der Waals surface area (Å²) in [6.45, 7) is 9.37. The van der Waals surface area contributed by atoms with Gasteiger partial charge in [-0.1, -0.05) is 49.7 Å². The molecule has 12 heteroatoms. The van der Waals surface area contributed by atoms with E-state index < -0.39 is 35.6 Å². The average Bonchev–Trinajstić information content (AvgIpc) is 3.40. The lowest BCUT2D eigenvalue weighted by molar-refractivity contribution is -0.120. The summed E-state index contributed by atoms with van der Waals surface area (Å²) in [5.41, 5.74) is 2.52. The molecular weight excluding hydrogens is 604 g/mol. The van der Waals surface area contributed by atoms with Gasteiger partial charge in [0, 0.05) is 28.4 Å². The Bertz CT molecular complexity index is 1620. The first-order valence-corrected chi connectivity index (χ1v) is 14.8. The lowest BCUT2D eigenvalue weighted by atomic mass is 9.92. The third-order valence-corrected chi connectivity index (χ3v) is 8.09. The van der Waals surface area contributed by atoms with Crippen molar-refractivity contribution in [1.82, 2.24) is 10.6 Å². The third kappa shape index (κ3) is 7.54. The second kappa shape index (κ2) is 14.4. The number of methoxy groups -OCH3 is 1. The number of nitrogens with zero attached hydrogens (tertiary/aromatic N) is 1. The van der Waals surface area contributed by atoms with Crippen molar-refractivity contribution in [3.63, 3.8) is 0 Å². The van der Waals surface area contributed by atoms with Crippen LogP contribution in [0.2, 0.25) is 5.02 Å². The van der Waals surface area contributed by atoms with Crippen LogP contribution < -0.4 is 26.2 Å². The Labute approximate surface area is 266 Å². The lowest BCUT2D eigenvalue weighted by Crippen LogP contribution is -2.39. The van der Waals surface area contributed by atoms with Gasteiger partial charge in [-0.2, -0.15) is 0 Å². The molecule has 4 N–H and O–H groups in total. The van der Waals surface area contributed by atoms with Crippen LogP contribution in [0.25, 0.3) is 5.57 Å². The van der Waals surface area contributed by atoms with Crippen LogP contribution >= 0.6 is 11.6 Å². The smallest absolute Gasteiger partial charge is 0.411 e. The minimum Gasteiger partial charge on any atom is -0.453 e. The van der Waals surface area contributed by atoms with Crippen LogP contribution in [0.1, 0.15) is 45.6 Å². The van der Waals surface area contributed by atoms with E-state index in [0.717, 1.165) is 0 Å². The zero-order chi connectivity index (χ0) is 32.8. The predicted molar refractivity (Wildman–Crippen MR) is 173 cm³/mol. The van der Waals surface area contributed by atoms with Crippen molar-refractivity contribution in [2.75, 3.05) is 29.3 Å². The van der Waals surface area contributed by atoms with Gasteiger partial charge in [-0.05, 0) is 62.6 Å². The number of anilines is 3. The zero-order valence-electron chi connectivity index (χ0n) is 25.5. The zero-order valence-corrected chi connectivity index (χ0v) is 26.3. The molecule has 2 heterocycles. The van der Waals surface area contributed by atoms with Gasteiger partial charge in [-0.25, -0.2) is 13.6 Å². The van der Waals surface area contributed by atoms with Crippen molar-refractivity contribution < 1.29 is 27.9 Å². The summed E-state index contributed by atoms with van der Waals surface area (Å²) in [7, 11) is 1.23. The second-order valence-corrected chi connectivity index (χ2v) is 11.2. The minimum atomic E-state index is -0.701. The first-order chi connectivity index (χ1) is 21.4. The molecule has 0 aliphatic carbocycles. The number of fused-ring (bicyclic) bond motifs is 1. The molecular formula is C33H36ClF2N5O4. The Balaban J connectivity index is 1.70. The van der Waals surface area contributed by atoms with Crippen molar-refractivity contribution >= 4 is 52.1 Å². The molecule has 2 atom stereocenters. The quantitative estimate of drug-likeness (QED) is 0.280. The summed E-state index contributed by atoms with van der Waals surface area (Å²) in [5.74, 6) is -2.31. The highest BCUT2D eigenvalue weighted by Crippen LogP contribution is 2.35. The molecule has 0 bridgehead atoms. The SMILES string of the molecule is C=C1/C=C(\C(F)=C/C)c2ccc(NC(=O)OC)cc2NC(=O)[C@@H](C)CCCC1NC(=O)C1=C(C)N(c2cccc(Cl)c2F)CN1. The van der Waals surface area contributed by atoms with Crippen LogP contribution in [-0.4, -0.2) is 37.7 Å². The molecule has 2 aliphatic heterocycles. The van der Waals surface area contributed by atoms with Gasteiger partial charge in [-0.3, -0.25) is 14.9 Å². The summed E-state index contributed by atoms with van der Waals surface area (Å²) in [6, 6.07) is 8.70. The van der Waals surface area contributed by atoms with Crippen LogP contribution in [0.5, 0.6) is 0 Å². The molecule has 0 spiro atoms. The molecule has 1 unspecified atom stereocenters. The maximum Gasteiger partial charge on any atom is 0.411 e. The van der Waals surface area contributed by atoms with E-state index in [1.807, 2.05) is 0 Å². The number of amides is 3. The van der Waals surface area contributed by atoms with E-state index in [4.69, 9.17) is 11.6 Å². The molecule has 2 aliphatic rings. The van der Waals surface area contributed by atoms with Gasteiger partial charge in [0.2, 0.25) is 5.91 Å².